The molecule has 0 radical (unpaired) electrons. The van der Waals surface area contributed by atoms with Crippen LogP contribution in [-0.2, 0) is 0 Å². The predicted molar refractivity (Wildman–Crippen MR) is 81.5 cm³/mol. The smallest absolute Gasteiger partial charge is 0.130 e. The summed E-state index contributed by atoms with van der Waals surface area (Å²) in [6.07, 6.45) is -0.720. The molecule has 2 aromatic heterocycles. The Kier molecular flexibility index (Phi) is 3.20. The number of fused-ring (bicyclic) bond motifs is 3. The molecule has 19 heavy (non-hydrogen) atoms. The molecule has 0 saturated carbocycles. The van der Waals surface area contributed by atoms with Crippen molar-refractivity contribution >= 4 is 43.0 Å². The van der Waals surface area contributed by atoms with Gasteiger partial charge in [0.05, 0.1) is 26.0 Å². The Labute approximate surface area is 119 Å². The number of ether oxygens (including phenoxy) is 1. The molecular formula is C14H15NO2S2. The highest BCUT2D eigenvalue weighted by atomic mass is 32.1. The van der Waals surface area contributed by atoms with Gasteiger partial charge in [-0.25, -0.2) is 4.98 Å². The van der Waals surface area contributed by atoms with E-state index in [4.69, 9.17) is 4.74 Å². The lowest BCUT2D eigenvalue weighted by molar-refractivity contribution is 0.0615. The summed E-state index contributed by atoms with van der Waals surface area (Å²) in [5, 5.41) is 13.8. The molecule has 0 amide bonds. The number of thiazole rings is 1. The predicted octanol–water partition coefficient (Wildman–Crippen LogP) is 3.97. The lowest BCUT2D eigenvalue weighted by Gasteiger charge is -2.17. The van der Waals surface area contributed by atoms with Gasteiger partial charge in [-0.15, -0.1) is 22.7 Å². The Balaban J connectivity index is 2.18. The molecule has 3 aromatic rings. The topological polar surface area (TPSA) is 42.4 Å². The average molecular weight is 293 g/mol. The molecule has 3 nitrogen and oxygen atoms in total. The highest BCUT2D eigenvalue weighted by Crippen LogP contribution is 2.39. The van der Waals surface area contributed by atoms with Crippen molar-refractivity contribution in [2.45, 2.75) is 33.0 Å². The van der Waals surface area contributed by atoms with Gasteiger partial charge in [0.1, 0.15) is 11.9 Å². The van der Waals surface area contributed by atoms with Gasteiger partial charge in [-0.05, 0) is 32.2 Å². The second-order valence-corrected chi connectivity index (χ2v) is 6.83. The zero-order valence-electron chi connectivity index (χ0n) is 11.0. The van der Waals surface area contributed by atoms with Crippen LogP contribution in [-0.4, -0.2) is 22.3 Å². The third kappa shape index (κ3) is 2.22. The Bertz CT molecular complexity index is 730. The molecule has 3 rings (SSSR count). The van der Waals surface area contributed by atoms with E-state index in [-0.39, 0.29) is 6.10 Å². The van der Waals surface area contributed by atoms with Crippen LogP contribution in [0.3, 0.4) is 0 Å². The number of benzene rings is 1. The first-order chi connectivity index (χ1) is 9.06. The first kappa shape index (κ1) is 12.8. The normalized spacial score (nSPS) is 14.9. The van der Waals surface area contributed by atoms with Crippen LogP contribution in [0.15, 0.2) is 17.5 Å². The fraction of sp³-hybridized carbons (Fsp3) is 0.357. The Morgan fingerprint density at radius 1 is 1.37 bits per heavy atom. The summed E-state index contributed by atoms with van der Waals surface area (Å²) in [5.41, 5.74) is 1.06. The summed E-state index contributed by atoms with van der Waals surface area (Å²) >= 11 is 3.35. The fourth-order valence-electron chi connectivity index (χ4n) is 1.98. The summed E-state index contributed by atoms with van der Waals surface area (Å²) in [6, 6.07) is 4.09. The zero-order chi connectivity index (χ0) is 13.6. The van der Waals surface area contributed by atoms with Crippen molar-refractivity contribution in [1.82, 2.24) is 4.98 Å². The van der Waals surface area contributed by atoms with Crippen LogP contribution in [0.2, 0.25) is 0 Å². The van der Waals surface area contributed by atoms with E-state index in [1.54, 1.807) is 29.6 Å². The highest BCUT2D eigenvalue weighted by molar-refractivity contribution is 7.21. The minimum Gasteiger partial charge on any atom is -0.487 e. The number of aromatic nitrogens is 1. The second-order valence-electron chi connectivity index (χ2n) is 4.68. The van der Waals surface area contributed by atoms with Crippen molar-refractivity contribution in [3.8, 4) is 5.75 Å². The van der Waals surface area contributed by atoms with Crippen molar-refractivity contribution in [2.75, 3.05) is 0 Å². The molecule has 1 aromatic carbocycles. The van der Waals surface area contributed by atoms with Gasteiger partial charge < -0.3 is 9.84 Å². The van der Waals surface area contributed by atoms with Crippen molar-refractivity contribution < 1.29 is 9.84 Å². The molecule has 1 N–H and O–H groups in total. The van der Waals surface area contributed by atoms with Crippen LogP contribution in [0.1, 0.15) is 18.9 Å². The molecule has 100 valence electrons. The number of aliphatic hydroxyl groups excluding tert-OH is 1. The third-order valence-corrected chi connectivity index (χ3v) is 5.00. The first-order valence-electron chi connectivity index (χ1n) is 6.18. The zero-order valence-corrected chi connectivity index (χ0v) is 12.6. The molecule has 0 aliphatic carbocycles. The molecule has 5 heteroatoms. The van der Waals surface area contributed by atoms with Gasteiger partial charge in [0, 0.05) is 11.5 Å². The molecule has 0 fully saturated rings. The average Bonchev–Trinajstić information content (AvgIpc) is 2.93. The first-order valence-corrected chi connectivity index (χ1v) is 7.88. The molecular weight excluding hydrogens is 278 g/mol. The molecule has 2 atom stereocenters. The minimum atomic E-state index is -0.493. The summed E-state index contributed by atoms with van der Waals surface area (Å²) in [4.78, 5) is 4.59. The third-order valence-electron chi connectivity index (χ3n) is 3.16. The largest absolute Gasteiger partial charge is 0.487 e. The van der Waals surface area contributed by atoms with Crippen LogP contribution in [0.4, 0.5) is 0 Å². The molecule has 2 unspecified atom stereocenters. The van der Waals surface area contributed by atoms with Crippen LogP contribution < -0.4 is 4.74 Å². The summed E-state index contributed by atoms with van der Waals surface area (Å²) in [6.45, 7) is 5.64. The van der Waals surface area contributed by atoms with E-state index in [2.05, 4.69) is 16.4 Å². The van der Waals surface area contributed by atoms with Crippen LogP contribution in [0.25, 0.3) is 20.3 Å². The maximum absolute atomic E-state index is 9.59. The number of nitrogens with zero attached hydrogens (tertiary/aromatic N) is 1. The standard InChI is InChI=1S/C14H15NO2S2/c1-7(16)8(2)17-11-6-12-13(15-9(3)19-12)14-10(11)4-5-18-14/h4-8,16H,1-3H3. The number of rotatable bonds is 3. The maximum Gasteiger partial charge on any atom is 0.130 e. The van der Waals surface area contributed by atoms with Gasteiger partial charge in [0.15, 0.2) is 0 Å². The van der Waals surface area contributed by atoms with Gasteiger partial charge in [-0.2, -0.15) is 0 Å². The van der Waals surface area contributed by atoms with Crippen molar-refractivity contribution in [2.24, 2.45) is 0 Å². The number of aliphatic hydroxyl groups is 1. The van der Waals surface area contributed by atoms with E-state index in [1.165, 1.54) is 0 Å². The molecule has 2 heterocycles. The molecule has 0 aliphatic heterocycles. The van der Waals surface area contributed by atoms with E-state index in [1.807, 2.05) is 19.9 Å². The second kappa shape index (κ2) is 4.74. The van der Waals surface area contributed by atoms with Crippen LogP contribution in [0.5, 0.6) is 5.75 Å². The highest BCUT2D eigenvalue weighted by Gasteiger charge is 2.16. The van der Waals surface area contributed by atoms with E-state index < -0.39 is 6.10 Å². The minimum absolute atomic E-state index is 0.227. The van der Waals surface area contributed by atoms with Gasteiger partial charge in [-0.3, -0.25) is 0 Å². The summed E-state index contributed by atoms with van der Waals surface area (Å²) < 4.78 is 8.20. The molecule has 0 saturated heterocycles. The Morgan fingerprint density at radius 2 is 2.16 bits per heavy atom. The Hall–Kier alpha value is -1.17. The van der Waals surface area contributed by atoms with Crippen LogP contribution in [0, 0.1) is 6.92 Å². The molecule has 0 bridgehead atoms. The van der Waals surface area contributed by atoms with E-state index >= 15 is 0 Å². The lowest BCUT2D eigenvalue weighted by atomic mass is 10.2. The number of thiophene rings is 1. The van der Waals surface area contributed by atoms with E-state index in [0.717, 1.165) is 31.1 Å². The Morgan fingerprint density at radius 3 is 2.89 bits per heavy atom. The summed E-state index contributed by atoms with van der Waals surface area (Å²) in [5.74, 6) is 0.834. The number of hydrogen-bond donors (Lipinski definition) is 1. The molecule has 0 spiro atoms. The summed E-state index contributed by atoms with van der Waals surface area (Å²) in [7, 11) is 0. The van der Waals surface area contributed by atoms with Crippen molar-refractivity contribution in [1.29, 1.82) is 0 Å². The van der Waals surface area contributed by atoms with Gasteiger partial charge in [0.25, 0.3) is 0 Å². The van der Waals surface area contributed by atoms with Crippen molar-refractivity contribution in [3.63, 3.8) is 0 Å². The van der Waals surface area contributed by atoms with Crippen molar-refractivity contribution in [3.05, 3.63) is 22.5 Å². The van der Waals surface area contributed by atoms with Gasteiger partial charge in [0.2, 0.25) is 0 Å². The number of hydrogen-bond acceptors (Lipinski definition) is 5. The van der Waals surface area contributed by atoms with E-state index in [0.29, 0.717) is 0 Å². The van der Waals surface area contributed by atoms with E-state index in [9.17, 15) is 5.11 Å². The molecule has 0 aliphatic rings. The van der Waals surface area contributed by atoms with Crippen LogP contribution >= 0.6 is 22.7 Å². The number of aryl methyl sites for hydroxylation is 1. The maximum atomic E-state index is 9.59. The fourth-order valence-corrected chi connectivity index (χ4v) is 3.82. The lowest BCUT2D eigenvalue weighted by Crippen LogP contribution is -2.25. The SMILES string of the molecule is Cc1nc2c(cc(OC(C)C(C)O)c3ccsc32)s1. The van der Waals surface area contributed by atoms with Gasteiger partial charge >= 0.3 is 0 Å². The monoisotopic (exact) mass is 293 g/mol. The van der Waals surface area contributed by atoms with Gasteiger partial charge in [-0.1, -0.05) is 0 Å². The quantitative estimate of drug-likeness (QED) is 0.794.